The average Bonchev–Trinajstić information content (AvgIpc) is 1.62. The van der Waals surface area contributed by atoms with Gasteiger partial charge in [-0.1, -0.05) is 48.5 Å². The molecule has 4 aromatic carbocycles. The molecule has 1 amide bonds. The first kappa shape index (κ1) is 81.4. The van der Waals surface area contributed by atoms with E-state index in [1.165, 1.54) is 0 Å². The van der Waals surface area contributed by atoms with Crippen LogP contribution in [0.4, 0.5) is 0 Å². The lowest BCUT2D eigenvalue weighted by molar-refractivity contribution is -0.136. The molecule has 10 N–H and O–H groups in total. The van der Waals surface area contributed by atoms with Crippen molar-refractivity contribution in [1.29, 1.82) is 0 Å². The molecule has 16 bridgehead atoms. The molecule has 0 aliphatic carbocycles. The highest BCUT2D eigenvalue weighted by molar-refractivity contribution is 6.03. The molecule has 4 aliphatic rings. The molecular weight excluding hydrogens is 1590 g/mol. The van der Waals surface area contributed by atoms with E-state index in [0.717, 1.165) is 219 Å². The maximum Gasteiger partial charge on any atom is 0.307 e. The number of nitrogens with zero attached hydrogens (tertiary/aromatic N) is 8. The third-order valence-corrected chi connectivity index (χ3v) is 22.0. The van der Waals surface area contributed by atoms with Gasteiger partial charge >= 0.3 is 5.97 Å². The Hall–Kier alpha value is -16.7. The number of methoxy groups -OCH3 is 2. The molecular formula is C104H86N16O7. The van der Waals surface area contributed by atoms with Gasteiger partial charge in [0.2, 0.25) is 5.91 Å². The molecule has 20 rings (SSSR count). The average molecular weight is 1670 g/mol. The van der Waals surface area contributed by atoms with Crippen LogP contribution in [0.15, 0.2) is 281 Å². The molecule has 0 unspecified atom stereocenters. The number of benzene rings is 4. The summed E-state index contributed by atoms with van der Waals surface area (Å²) in [5, 5.41) is 11.2. The van der Waals surface area contributed by atoms with E-state index in [2.05, 4.69) is 201 Å². The Morgan fingerprint density at radius 3 is 0.819 bits per heavy atom. The number of hydrogen-bond acceptors (Lipinski definition) is 15. The zero-order chi connectivity index (χ0) is 86.4. The molecule has 16 aromatic rings. The number of rotatable bonds is 23. The van der Waals surface area contributed by atoms with Crippen molar-refractivity contribution in [2.75, 3.05) is 40.5 Å². The first-order valence-corrected chi connectivity index (χ1v) is 41.6. The summed E-state index contributed by atoms with van der Waals surface area (Å²) in [4.78, 5) is 82.0. The Balaban J connectivity index is 0.000000157. The van der Waals surface area contributed by atoms with E-state index in [1.54, 1.807) is 57.5 Å². The Morgan fingerprint density at radius 1 is 0.323 bits per heavy atom. The van der Waals surface area contributed by atoms with Crippen LogP contribution in [0.5, 0.6) is 23.0 Å². The quantitative estimate of drug-likeness (QED) is 0.0269. The number of fused-ring (bicyclic) bond motifs is 16. The minimum Gasteiger partial charge on any atom is -0.497 e. The van der Waals surface area contributed by atoms with Crippen LogP contribution in [0.1, 0.15) is 69.5 Å². The summed E-state index contributed by atoms with van der Waals surface area (Å²) in [6.45, 7) is 2.15. The van der Waals surface area contributed by atoms with Crippen molar-refractivity contribution in [2.24, 2.45) is 5.73 Å². The summed E-state index contributed by atoms with van der Waals surface area (Å²) >= 11 is 0. The van der Waals surface area contributed by atoms with Crippen LogP contribution < -0.4 is 30.0 Å². The molecule has 0 radical (unpaired) electrons. The van der Waals surface area contributed by atoms with Gasteiger partial charge in [-0.05, 0) is 281 Å². The van der Waals surface area contributed by atoms with E-state index in [1.807, 2.05) is 140 Å². The topological polar surface area (TPSA) is 327 Å². The normalized spacial score (nSPS) is 11.6. The van der Waals surface area contributed by atoms with Crippen molar-refractivity contribution in [3.63, 3.8) is 0 Å². The third-order valence-electron chi connectivity index (χ3n) is 22.0. The highest BCUT2D eigenvalue weighted by Gasteiger charge is 2.24. The summed E-state index contributed by atoms with van der Waals surface area (Å²) < 4.78 is 23.1. The lowest BCUT2D eigenvalue weighted by Crippen LogP contribution is -2.26. The van der Waals surface area contributed by atoms with Crippen LogP contribution in [0, 0.1) is 0 Å². The second-order valence-electron chi connectivity index (χ2n) is 30.2. The van der Waals surface area contributed by atoms with Crippen molar-refractivity contribution in [3.8, 4) is 112 Å². The number of ether oxygens (including phenoxy) is 4. The molecule has 23 nitrogen and oxygen atoms in total. The first-order chi connectivity index (χ1) is 62.5. The predicted molar refractivity (Wildman–Crippen MR) is 504 cm³/mol. The first-order valence-electron chi connectivity index (χ1n) is 41.6. The number of pyridine rings is 4. The fourth-order valence-electron chi connectivity index (χ4n) is 16.0. The van der Waals surface area contributed by atoms with E-state index < -0.39 is 5.97 Å². The van der Waals surface area contributed by atoms with E-state index in [9.17, 15) is 9.59 Å². The van der Waals surface area contributed by atoms with Crippen molar-refractivity contribution >= 4 is 105 Å². The number of carboxylic acid groups (broad SMARTS) is 1. The zero-order valence-corrected chi connectivity index (χ0v) is 69.4. The molecule has 624 valence electrons. The summed E-state index contributed by atoms with van der Waals surface area (Å²) in [7, 11) is 3.35. The van der Waals surface area contributed by atoms with Gasteiger partial charge in [0.25, 0.3) is 0 Å². The number of amides is 1. The third kappa shape index (κ3) is 18.3. The lowest BCUT2D eigenvalue weighted by Gasteiger charge is -2.09. The van der Waals surface area contributed by atoms with Gasteiger partial charge in [0, 0.05) is 170 Å². The van der Waals surface area contributed by atoms with Crippen LogP contribution >= 0.6 is 0 Å². The van der Waals surface area contributed by atoms with Crippen LogP contribution in [0.3, 0.4) is 0 Å². The van der Waals surface area contributed by atoms with Crippen molar-refractivity contribution in [1.82, 2.24) is 75.1 Å². The Bertz CT molecular complexity index is 7070. The van der Waals surface area contributed by atoms with E-state index in [4.69, 9.17) is 49.7 Å². The standard InChI is InChI=1S/C52H42N8O3.C46H37N7O2.C6H7NO2/c1-62-38-7-3-34(4-8-38)49-40-11-15-44(57-40)51(36-20-26-53-27-21-36)46-17-13-42(59-46)50(35-5-9-39(10-6-35)63-30-2-24-56-48(61)31-33-19-25-55-32-33)43-14-18-47(60-43)52(37-22-28-54-29-23-37)45-16-12-41(49)58-45;1-54-33-7-3-29(4-8-33)43-35-11-15-39(50-35)45(31-19-24-48-25-20-31)41-17-13-37(52-41)44(30-5-9-34(10-6-30)55-28-2-23-47)38-14-18-42(53-38)46(32-21-26-49-27-22-32)40-16-12-36(43)51-40;8-6(9)3-5-1-2-7-4-5/h3-23,25-29,32,55,57,60H,2,24,30-31H2,1H3,(H,56,61);3-22,24-27,50,53H,2,23,28,47H2,1H3;1-2,4,7H,3H2,(H,8,9). The van der Waals surface area contributed by atoms with Crippen LogP contribution in [-0.4, -0.2) is 127 Å². The smallest absolute Gasteiger partial charge is 0.307 e. The number of carboxylic acids is 1. The maximum absolute atomic E-state index is 12.3. The number of aliphatic carboxylic acids is 1. The predicted octanol–water partition coefficient (Wildman–Crippen LogP) is 21.1. The van der Waals surface area contributed by atoms with Gasteiger partial charge in [-0.3, -0.25) is 29.5 Å². The van der Waals surface area contributed by atoms with Gasteiger partial charge in [0.15, 0.2) is 0 Å². The second-order valence-corrected chi connectivity index (χ2v) is 30.2. The monoisotopic (exact) mass is 1670 g/mol. The molecule has 0 atom stereocenters. The van der Waals surface area contributed by atoms with Crippen molar-refractivity contribution in [2.45, 2.75) is 25.7 Å². The van der Waals surface area contributed by atoms with Crippen molar-refractivity contribution < 1.29 is 33.6 Å². The number of carbonyl (C=O) groups is 2. The summed E-state index contributed by atoms with van der Waals surface area (Å²) in [6.07, 6.45) is 40.1. The van der Waals surface area contributed by atoms with Gasteiger partial charge in [-0.2, -0.15) is 0 Å². The fraction of sp³-hybridized carbons (Fsp3) is 0.0962. The highest BCUT2D eigenvalue weighted by Crippen LogP contribution is 2.43. The minimum absolute atomic E-state index is 0.0104. The molecule has 23 heteroatoms. The number of H-pyrrole nitrogens is 6. The van der Waals surface area contributed by atoms with E-state index >= 15 is 0 Å². The number of aromatic nitrogens is 14. The number of carbonyl (C=O) groups excluding carboxylic acids is 1. The van der Waals surface area contributed by atoms with Gasteiger partial charge < -0.3 is 65.0 Å². The number of nitrogens with two attached hydrogens (primary N) is 1. The van der Waals surface area contributed by atoms with E-state index in [-0.39, 0.29) is 12.3 Å². The molecule has 0 saturated carbocycles. The molecule has 0 fully saturated rings. The number of aromatic amines is 6. The van der Waals surface area contributed by atoms with Gasteiger partial charge in [0.1, 0.15) is 23.0 Å². The van der Waals surface area contributed by atoms with Gasteiger partial charge in [0.05, 0.1) is 85.8 Å². The lowest BCUT2D eigenvalue weighted by atomic mass is 10.0. The van der Waals surface area contributed by atoms with Gasteiger partial charge in [-0.25, -0.2) is 19.9 Å². The zero-order valence-electron chi connectivity index (χ0n) is 69.4. The number of hydrogen-bond donors (Lipinski definition) is 9. The van der Waals surface area contributed by atoms with E-state index in [0.29, 0.717) is 39.1 Å². The molecule has 0 saturated heterocycles. The van der Waals surface area contributed by atoms with Crippen LogP contribution in [-0.2, 0) is 22.4 Å². The summed E-state index contributed by atoms with van der Waals surface area (Å²) in [6, 6.07) is 69.1. The summed E-state index contributed by atoms with van der Waals surface area (Å²) in [5.41, 5.74) is 36.8. The Kier molecular flexibility index (Phi) is 24.2. The molecule has 12 aromatic heterocycles. The largest absolute Gasteiger partial charge is 0.497 e. The van der Waals surface area contributed by atoms with Crippen molar-refractivity contribution in [3.05, 3.63) is 337 Å². The minimum atomic E-state index is -0.797. The summed E-state index contributed by atoms with van der Waals surface area (Å²) in [5.74, 6) is 2.28. The SMILES string of the molecule is COc1ccc(-c2c3nc(c(-c4ccncc4)c4ccc([nH]4)c(-c4ccc(OCCCN)cc4)c4nc(c(-c5ccncc5)c5ccc2[nH]5)C=C4)C=C3)cc1.COc1ccc(-c2c3nc(c(-c4ccncc4)c4ccc([nH]4)c(-c4ccc(OCCCNC(=O)Cc5cc[nH]c5)cc4)c4nc(c(-c5ccncc5)c5ccc2[nH]5)C=C4)C=C3)cc1.O=C(O)Cc1cc[nH]c1. The highest BCUT2D eigenvalue weighted by atomic mass is 16.5. The Labute approximate surface area is 730 Å². The fourth-order valence-corrected chi connectivity index (χ4v) is 16.0. The van der Waals surface area contributed by atoms with Crippen LogP contribution in [0.25, 0.3) is 182 Å². The molecule has 16 heterocycles. The number of nitrogens with one attached hydrogen (secondary N) is 7. The van der Waals surface area contributed by atoms with Gasteiger partial charge in [-0.15, -0.1) is 0 Å². The molecule has 0 spiro atoms. The maximum atomic E-state index is 12.3. The molecule has 127 heavy (non-hydrogen) atoms. The second kappa shape index (κ2) is 37.8. The van der Waals surface area contributed by atoms with Crippen LogP contribution in [0.2, 0.25) is 0 Å². The molecule has 4 aliphatic heterocycles. The Morgan fingerprint density at radius 2 is 0.575 bits per heavy atom.